The minimum Gasteiger partial charge on any atom is -0.452 e. The first-order valence-corrected chi connectivity index (χ1v) is 9.54. The number of esters is 1. The number of hydrogen-bond donors (Lipinski definition) is 1. The first-order chi connectivity index (χ1) is 13.5. The third-order valence-corrected chi connectivity index (χ3v) is 4.76. The number of aryl methyl sites for hydroxylation is 2. The van der Waals surface area contributed by atoms with Gasteiger partial charge in [0.05, 0.1) is 11.3 Å². The molecule has 0 bridgehead atoms. The Morgan fingerprint density at radius 3 is 2.57 bits per heavy atom. The van der Waals surface area contributed by atoms with Crippen molar-refractivity contribution in [2.45, 2.75) is 24.5 Å². The van der Waals surface area contributed by atoms with Crippen molar-refractivity contribution in [3.63, 3.8) is 0 Å². The van der Waals surface area contributed by atoms with Crippen LogP contribution in [0.3, 0.4) is 0 Å². The van der Waals surface area contributed by atoms with Gasteiger partial charge in [0.2, 0.25) is 5.89 Å². The Morgan fingerprint density at radius 2 is 1.86 bits per heavy atom. The first-order valence-electron chi connectivity index (χ1n) is 8.56. The number of anilines is 1. The average molecular weight is 397 g/mol. The number of nitrogens with one attached hydrogen (secondary N) is 1. The van der Waals surface area contributed by atoms with Crippen molar-refractivity contribution in [1.82, 2.24) is 10.1 Å². The Labute approximate surface area is 166 Å². The number of hydrogen-bond acceptors (Lipinski definition) is 7. The zero-order chi connectivity index (χ0) is 19.9. The van der Waals surface area contributed by atoms with Gasteiger partial charge in [-0.1, -0.05) is 35.0 Å². The van der Waals surface area contributed by atoms with E-state index in [4.69, 9.17) is 9.26 Å². The fourth-order valence-electron chi connectivity index (χ4n) is 2.34. The van der Waals surface area contributed by atoms with Crippen LogP contribution in [0.4, 0.5) is 5.69 Å². The molecule has 1 amide bonds. The Bertz CT molecular complexity index is 970. The molecule has 3 aromatic rings. The molecule has 1 aromatic heterocycles. The lowest BCUT2D eigenvalue weighted by Crippen LogP contribution is -2.21. The molecule has 0 atom stereocenters. The minimum absolute atomic E-state index is 0.367. The molecule has 0 aliphatic carbocycles. The van der Waals surface area contributed by atoms with E-state index in [1.54, 1.807) is 37.3 Å². The van der Waals surface area contributed by atoms with Gasteiger partial charge in [0.25, 0.3) is 5.91 Å². The van der Waals surface area contributed by atoms with Gasteiger partial charge in [-0.3, -0.25) is 4.79 Å². The number of amides is 1. The number of carbonyl (C=O) groups excluding carboxylic acids is 2. The van der Waals surface area contributed by atoms with E-state index < -0.39 is 11.9 Å². The van der Waals surface area contributed by atoms with E-state index in [9.17, 15) is 9.59 Å². The molecule has 0 aliphatic heterocycles. The SMILES string of the molecule is Cc1ccc(NC(=O)COC(=O)c2ccccc2SCc2nc(C)no2)cc1. The zero-order valence-electron chi connectivity index (χ0n) is 15.5. The summed E-state index contributed by atoms with van der Waals surface area (Å²) in [5.41, 5.74) is 2.12. The number of ether oxygens (including phenoxy) is 1. The molecule has 2 aromatic carbocycles. The summed E-state index contributed by atoms with van der Waals surface area (Å²) >= 11 is 1.38. The second-order valence-corrected chi connectivity index (χ2v) is 7.03. The van der Waals surface area contributed by atoms with Crippen molar-refractivity contribution in [2.24, 2.45) is 0 Å². The van der Waals surface area contributed by atoms with Crippen LogP contribution in [0.5, 0.6) is 0 Å². The number of nitrogens with zero attached hydrogens (tertiary/aromatic N) is 2. The minimum atomic E-state index is -0.566. The van der Waals surface area contributed by atoms with Gasteiger partial charge in [0, 0.05) is 10.6 Å². The molecule has 3 rings (SSSR count). The second kappa shape index (κ2) is 9.18. The number of benzene rings is 2. The lowest BCUT2D eigenvalue weighted by molar-refractivity contribution is -0.119. The van der Waals surface area contributed by atoms with Crippen LogP contribution >= 0.6 is 11.8 Å². The third kappa shape index (κ3) is 5.43. The van der Waals surface area contributed by atoms with Gasteiger partial charge in [-0.25, -0.2) is 4.79 Å². The third-order valence-electron chi connectivity index (χ3n) is 3.70. The molecule has 0 fully saturated rings. The zero-order valence-corrected chi connectivity index (χ0v) is 16.3. The monoisotopic (exact) mass is 397 g/mol. The predicted molar refractivity (Wildman–Crippen MR) is 105 cm³/mol. The summed E-state index contributed by atoms with van der Waals surface area (Å²) in [6.07, 6.45) is 0. The van der Waals surface area contributed by atoms with Gasteiger partial charge in [-0.05, 0) is 38.1 Å². The van der Waals surface area contributed by atoms with Gasteiger partial charge in [0.1, 0.15) is 0 Å². The fraction of sp³-hybridized carbons (Fsp3) is 0.200. The largest absolute Gasteiger partial charge is 0.452 e. The highest BCUT2D eigenvalue weighted by Gasteiger charge is 2.15. The number of rotatable bonds is 7. The molecule has 0 radical (unpaired) electrons. The smallest absolute Gasteiger partial charge is 0.339 e. The molecule has 1 heterocycles. The second-order valence-electron chi connectivity index (χ2n) is 6.01. The number of aromatic nitrogens is 2. The highest BCUT2D eigenvalue weighted by atomic mass is 32.2. The molecule has 0 aliphatic rings. The quantitative estimate of drug-likeness (QED) is 0.479. The van der Waals surface area contributed by atoms with Crippen molar-refractivity contribution in [2.75, 3.05) is 11.9 Å². The van der Waals surface area contributed by atoms with E-state index >= 15 is 0 Å². The van der Waals surface area contributed by atoms with E-state index in [0.29, 0.717) is 33.6 Å². The maximum Gasteiger partial charge on any atom is 0.339 e. The summed E-state index contributed by atoms with van der Waals surface area (Å²) in [6.45, 7) is 3.33. The maximum absolute atomic E-state index is 12.4. The molecule has 0 saturated carbocycles. The van der Waals surface area contributed by atoms with E-state index in [1.165, 1.54) is 11.8 Å². The summed E-state index contributed by atoms with van der Waals surface area (Å²) in [7, 11) is 0. The fourth-order valence-corrected chi connectivity index (χ4v) is 3.22. The van der Waals surface area contributed by atoms with Crippen LogP contribution in [0, 0.1) is 13.8 Å². The molecular weight excluding hydrogens is 378 g/mol. The maximum atomic E-state index is 12.4. The van der Waals surface area contributed by atoms with Crippen molar-refractivity contribution in [1.29, 1.82) is 0 Å². The Morgan fingerprint density at radius 1 is 1.11 bits per heavy atom. The summed E-state index contributed by atoms with van der Waals surface area (Å²) < 4.78 is 10.2. The number of carbonyl (C=O) groups is 2. The van der Waals surface area contributed by atoms with Crippen LogP contribution in [0.25, 0.3) is 0 Å². The van der Waals surface area contributed by atoms with E-state index in [1.807, 2.05) is 25.1 Å². The van der Waals surface area contributed by atoms with Crippen molar-refractivity contribution >= 4 is 29.3 Å². The van der Waals surface area contributed by atoms with Crippen LogP contribution in [0.2, 0.25) is 0 Å². The van der Waals surface area contributed by atoms with Crippen LogP contribution in [-0.2, 0) is 15.3 Å². The number of thioether (sulfide) groups is 1. The standard InChI is InChI=1S/C20H19N3O4S/c1-13-7-9-15(10-8-13)22-18(24)11-26-20(25)16-5-3-4-6-17(16)28-12-19-21-14(2)23-27-19/h3-10H,11-12H2,1-2H3,(H,22,24). The molecule has 8 heteroatoms. The molecule has 7 nitrogen and oxygen atoms in total. The lowest BCUT2D eigenvalue weighted by atomic mass is 10.2. The lowest BCUT2D eigenvalue weighted by Gasteiger charge is -2.09. The molecule has 0 saturated heterocycles. The molecule has 28 heavy (non-hydrogen) atoms. The summed E-state index contributed by atoms with van der Waals surface area (Å²) in [5.74, 6) is 0.498. The molecular formula is C20H19N3O4S. The molecule has 144 valence electrons. The van der Waals surface area contributed by atoms with Crippen molar-refractivity contribution in [3.8, 4) is 0 Å². The first kappa shape index (κ1) is 19.6. The van der Waals surface area contributed by atoms with E-state index in [0.717, 1.165) is 5.56 Å². The highest BCUT2D eigenvalue weighted by molar-refractivity contribution is 7.98. The van der Waals surface area contributed by atoms with Gasteiger partial charge >= 0.3 is 5.97 Å². The van der Waals surface area contributed by atoms with Crippen LogP contribution < -0.4 is 5.32 Å². The van der Waals surface area contributed by atoms with E-state index in [2.05, 4.69) is 15.5 Å². The summed E-state index contributed by atoms with van der Waals surface area (Å²) in [5, 5.41) is 6.43. The van der Waals surface area contributed by atoms with Gasteiger partial charge in [-0.15, -0.1) is 11.8 Å². The van der Waals surface area contributed by atoms with Crippen LogP contribution in [-0.4, -0.2) is 28.6 Å². The van der Waals surface area contributed by atoms with Gasteiger partial charge in [-0.2, -0.15) is 4.98 Å². The van der Waals surface area contributed by atoms with Gasteiger partial charge < -0.3 is 14.6 Å². The van der Waals surface area contributed by atoms with Gasteiger partial charge in [0.15, 0.2) is 12.4 Å². The van der Waals surface area contributed by atoms with E-state index in [-0.39, 0.29) is 6.61 Å². The van der Waals surface area contributed by atoms with Crippen LogP contribution in [0.1, 0.15) is 27.6 Å². The van der Waals surface area contributed by atoms with Crippen LogP contribution in [0.15, 0.2) is 57.9 Å². The Kier molecular flexibility index (Phi) is 6.44. The average Bonchev–Trinajstić information content (AvgIpc) is 3.12. The summed E-state index contributed by atoms with van der Waals surface area (Å²) in [6, 6.07) is 14.4. The topological polar surface area (TPSA) is 94.3 Å². The normalized spacial score (nSPS) is 10.5. The highest BCUT2D eigenvalue weighted by Crippen LogP contribution is 2.26. The molecule has 0 spiro atoms. The van der Waals surface area contributed by atoms with Crippen molar-refractivity contribution < 1.29 is 18.8 Å². The summed E-state index contributed by atoms with van der Waals surface area (Å²) in [4.78, 5) is 29.3. The predicted octanol–water partition coefficient (Wildman–Crippen LogP) is 3.77. The molecule has 0 unspecified atom stereocenters. The molecule has 1 N–H and O–H groups in total. The Hall–Kier alpha value is -3.13. The Balaban J connectivity index is 1.56. The van der Waals surface area contributed by atoms with Crippen molar-refractivity contribution in [3.05, 3.63) is 71.4 Å².